The first-order chi connectivity index (χ1) is 15.5. The molecule has 0 aliphatic heterocycles. The van der Waals surface area contributed by atoms with Gasteiger partial charge in [0.15, 0.2) is 22.7 Å². The first-order valence-corrected chi connectivity index (χ1v) is 9.11. The number of methoxy groups -OCH3 is 1. The fourth-order valence-electron chi connectivity index (χ4n) is 3.08. The maximum Gasteiger partial charge on any atom is 0.387 e. The predicted octanol–water partition coefficient (Wildman–Crippen LogP) is 0.695. The summed E-state index contributed by atoms with van der Waals surface area (Å²) < 4.78 is 42.5. The second-order valence-electron chi connectivity index (χ2n) is 6.68. The molecule has 0 saturated carbocycles. The van der Waals surface area contributed by atoms with Gasteiger partial charge in [-0.25, -0.2) is 9.78 Å². The Kier molecular flexibility index (Phi) is 6.41. The molecule has 1 aromatic carbocycles. The Balaban J connectivity index is 1.85. The molecule has 0 amide bonds. The minimum Gasteiger partial charge on any atom is -0.493 e. The molecule has 0 aliphatic carbocycles. The van der Waals surface area contributed by atoms with Crippen LogP contribution in [0, 0.1) is 10.1 Å². The number of carbonyl (C=O) groups is 1. The van der Waals surface area contributed by atoms with Crippen molar-refractivity contribution in [1.82, 2.24) is 18.7 Å². The largest absolute Gasteiger partial charge is 0.493 e. The highest BCUT2D eigenvalue weighted by atomic mass is 19.3. The molecule has 0 atom stereocenters. The number of carbonyl (C=O) groups excluding carboxylic acids is 1. The quantitative estimate of drug-likeness (QED) is 0.264. The molecule has 2 heterocycles. The summed E-state index contributed by atoms with van der Waals surface area (Å²) in [6.07, 6.45) is 1.18. The third-order valence-corrected chi connectivity index (χ3v) is 4.68. The van der Waals surface area contributed by atoms with Gasteiger partial charge in [-0.3, -0.25) is 28.8 Å². The Morgan fingerprint density at radius 1 is 1.21 bits per heavy atom. The average Bonchev–Trinajstić information content (AvgIpc) is 3.18. The molecule has 176 valence electrons. The van der Waals surface area contributed by atoms with E-state index in [0.29, 0.717) is 0 Å². The third kappa shape index (κ3) is 4.51. The van der Waals surface area contributed by atoms with Crippen LogP contribution in [-0.4, -0.2) is 43.3 Å². The van der Waals surface area contributed by atoms with E-state index in [1.54, 1.807) is 0 Å². The summed E-state index contributed by atoms with van der Waals surface area (Å²) in [5.41, 5.74) is -1.99. The number of hydrogen-bond acceptors (Lipinski definition) is 9. The number of rotatable bonds is 8. The van der Waals surface area contributed by atoms with Gasteiger partial charge in [0.05, 0.1) is 30.0 Å². The Morgan fingerprint density at radius 3 is 2.52 bits per heavy atom. The van der Waals surface area contributed by atoms with Gasteiger partial charge in [-0.1, -0.05) is 0 Å². The molecule has 3 rings (SSSR count). The smallest absolute Gasteiger partial charge is 0.387 e. The van der Waals surface area contributed by atoms with Gasteiger partial charge < -0.3 is 18.8 Å². The number of imidazole rings is 1. The summed E-state index contributed by atoms with van der Waals surface area (Å²) in [6.45, 7) is -4.32. The number of hydrogen-bond donors (Lipinski definition) is 0. The lowest BCUT2D eigenvalue weighted by atomic mass is 10.1. The molecule has 0 fully saturated rings. The number of nitro benzene ring substituents is 1. The van der Waals surface area contributed by atoms with Crippen molar-refractivity contribution in [3.63, 3.8) is 0 Å². The van der Waals surface area contributed by atoms with E-state index < -0.39 is 53.3 Å². The van der Waals surface area contributed by atoms with Gasteiger partial charge >= 0.3 is 18.3 Å². The van der Waals surface area contributed by atoms with Gasteiger partial charge in [-0.2, -0.15) is 8.78 Å². The molecule has 33 heavy (non-hydrogen) atoms. The summed E-state index contributed by atoms with van der Waals surface area (Å²) in [6, 6.07) is 1.78. The monoisotopic (exact) mass is 469 g/mol. The summed E-state index contributed by atoms with van der Waals surface area (Å²) in [7, 11) is 3.83. The molecule has 0 radical (unpaired) electrons. The topological polar surface area (TPSA) is 150 Å². The normalized spacial score (nSPS) is 11.1. The van der Waals surface area contributed by atoms with Crippen LogP contribution in [0.25, 0.3) is 11.2 Å². The second-order valence-corrected chi connectivity index (χ2v) is 6.68. The number of halogens is 2. The first kappa shape index (κ1) is 23.4. The molecule has 2 aromatic heterocycles. The second kappa shape index (κ2) is 9.05. The van der Waals surface area contributed by atoms with E-state index in [2.05, 4.69) is 9.72 Å². The Hall–Kier alpha value is -4.30. The number of nitrogens with zero attached hydrogens (tertiary/aromatic N) is 5. The molecule has 0 unspecified atom stereocenters. The van der Waals surface area contributed by atoms with E-state index in [-0.39, 0.29) is 22.5 Å². The molecule has 13 nitrogen and oxygen atoms in total. The number of alkyl halides is 2. The highest BCUT2D eigenvalue weighted by molar-refractivity contribution is 5.75. The standard InChI is InChI=1S/C18H17F2N5O8/c1-22-15-14(16(27)23(2)18(22)28)24(8-21-15)6-13(26)32-7-9-4-11(31-3)12(33-17(19)20)5-10(9)25(29)30/h4-5,8,17H,6-7H2,1-3H3. The Bertz CT molecular complexity index is 1360. The minimum atomic E-state index is -3.24. The van der Waals surface area contributed by atoms with E-state index in [1.165, 1.54) is 25.0 Å². The zero-order valence-electron chi connectivity index (χ0n) is 17.5. The Morgan fingerprint density at radius 2 is 1.91 bits per heavy atom. The van der Waals surface area contributed by atoms with Gasteiger partial charge in [-0.05, 0) is 6.07 Å². The van der Waals surface area contributed by atoms with Crippen LogP contribution < -0.4 is 20.7 Å². The van der Waals surface area contributed by atoms with Crippen molar-refractivity contribution >= 4 is 22.8 Å². The highest BCUT2D eigenvalue weighted by Gasteiger charge is 2.23. The summed E-state index contributed by atoms with van der Waals surface area (Å²) in [5, 5.41) is 11.3. The van der Waals surface area contributed by atoms with Gasteiger partial charge in [0.25, 0.3) is 11.2 Å². The zero-order valence-corrected chi connectivity index (χ0v) is 17.5. The van der Waals surface area contributed by atoms with Gasteiger partial charge in [0.2, 0.25) is 0 Å². The molecule has 0 spiro atoms. The number of benzene rings is 1. The number of aromatic nitrogens is 4. The summed E-state index contributed by atoms with van der Waals surface area (Å²) >= 11 is 0. The lowest BCUT2D eigenvalue weighted by molar-refractivity contribution is -0.386. The molecule has 3 aromatic rings. The van der Waals surface area contributed by atoms with Crippen molar-refractivity contribution in [1.29, 1.82) is 0 Å². The fraction of sp³-hybridized carbons (Fsp3) is 0.333. The lowest BCUT2D eigenvalue weighted by Crippen LogP contribution is -2.37. The van der Waals surface area contributed by atoms with Gasteiger partial charge in [0.1, 0.15) is 13.2 Å². The van der Waals surface area contributed by atoms with Crippen LogP contribution >= 0.6 is 0 Å². The molecular weight excluding hydrogens is 452 g/mol. The maximum atomic E-state index is 12.5. The fourth-order valence-corrected chi connectivity index (χ4v) is 3.08. The van der Waals surface area contributed by atoms with Crippen molar-refractivity contribution in [2.45, 2.75) is 19.8 Å². The van der Waals surface area contributed by atoms with Crippen molar-refractivity contribution in [2.24, 2.45) is 14.1 Å². The molecule has 0 N–H and O–H groups in total. The molecule has 0 aliphatic rings. The summed E-state index contributed by atoms with van der Waals surface area (Å²) in [4.78, 5) is 51.2. The molecule has 15 heteroatoms. The SMILES string of the molecule is COc1cc(COC(=O)Cn2cnc3c2c(=O)n(C)c(=O)n3C)c([N+](=O)[O-])cc1OC(F)F. The third-order valence-electron chi connectivity index (χ3n) is 4.68. The number of aryl methyl sites for hydroxylation is 1. The van der Waals surface area contributed by atoms with Gasteiger partial charge in [0, 0.05) is 14.1 Å². The number of ether oxygens (including phenoxy) is 3. The van der Waals surface area contributed by atoms with Crippen LogP contribution in [0.5, 0.6) is 11.5 Å². The van der Waals surface area contributed by atoms with Crippen LogP contribution in [0.15, 0.2) is 28.0 Å². The van der Waals surface area contributed by atoms with E-state index in [9.17, 15) is 33.3 Å². The summed E-state index contributed by atoms with van der Waals surface area (Å²) in [5.74, 6) is -1.66. The minimum absolute atomic E-state index is 0.0160. The first-order valence-electron chi connectivity index (χ1n) is 9.11. The Labute approximate surface area is 182 Å². The van der Waals surface area contributed by atoms with Crippen molar-refractivity contribution < 1.29 is 32.7 Å². The molecular formula is C18H17F2N5O8. The van der Waals surface area contributed by atoms with Crippen LogP contribution in [0.4, 0.5) is 14.5 Å². The van der Waals surface area contributed by atoms with Crippen LogP contribution in [-0.2, 0) is 36.8 Å². The molecule has 0 saturated heterocycles. The molecule has 0 bridgehead atoms. The van der Waals surface area contributed by atoms with Crippen LogP contribution in [0.1, 0.15) is 5.56 Å². The van der Waals surface area contributed by atoms with Crippen molar-refractivity contribution in [2.75, 3.05) is 7.11 Å². The van der Waals surface area contributed by atoms with E-state index in [0.717, 1.165) is 28.4 Å². The number of esters is 1. The number of fused-ring (bicyclic) bond motifs is 1. The highest BCUT2D eigenvalue weighted by Crippen LogP contribution is 2.36. The van der Waals surface area contributed by atoms with Crippen molar-refractivity contribution in [3.05, 3.63) is 55.0 Å². The lowest BCUT2D eigenvalue weighted by Gasteiger charge is -2.12. The maximum absolute atomic E-state index is 12.5. The van der Waals surface area contributed by atoms with E-state index in [4.69, 9.17) is 9.47 Å². The van der Waals surface area contributed by atoms with E-state index >= 15 is 0 Å². The van der Waals surface area contributed by atoms with Crippen LogP contribution in [0.3, 0.4) is 0 Å². The van der Waals surface area contributed by atoms with Crippen LogP contribution in [0.2, 0.25) is 0 Å². The van der Waals surface area contributed by atoms with Crippen molar-refractivity contribution in [3.8, 4) is 11.5 Å². The zero-order chi connectivity index (χ0) is 24.4. The van der Waals surface area contributed by atoms with E-state index in [1.807, 2.05) is 0 Å². The average molecular weight is 469 g/mol. The van der Waals surface area contributed by atoms with Gasteiger partial charge in [-0.15, -0.1) is 0 Å². The predicted molar refractivity (Wildman–Crippen MR) is 106 cm³/mol. The number of nitro groups is 1.